The number of phenolic OH excluding ortho intramolecular Hbond substituents is 1. The molecule has 21 heavy (non-hydrogen) atoms. The number of nitrogens with one attached hydrogen (secondary N) is 1. The molecule has 1 saturated heterocycles. The highest BCUT2D eigenvalue weighted by molar-refractivity contribution is 5.70. The molecule has 0 aliphatic carbocycles. The molecule has 1 aliphatic heterocycles. The van der Waals surface area contributed by atoms with Crippen molar-refractivity contribution in [1.82, 2.24) is 10.2 Å². The molecule has 0 bridgehead atoms. The van der Waals surface area contributed by atoms with Crippen LogP contribution >= 0.6 is 0 Å². The quantitative estimate of drug-likeness (QED) is 0.500. The maximum absolute atomic E-state index is 9.94. The Hall–Kier alpha value is -2.34. The van der Waals surface area contributed by atoms with Gasteiger partial charge in [-0.2, -0.15) is 0 Å². The second-order valence-corrected chi connectivity index (χ2v) is 5.20. The number of rotatable bonds is 3. The Balaban J connectivity index is 2.34. The molecule has 6 heteroatoms. The van der Waals surface area contributed by atoms with Crippen molar-refractivity contribution in [1.29, 1.82) is 0 Å². The van der Waals surface area contributed by atoms with E-state index in [2.05, 4.69) is 10.2 Å². The van der Waals surface area contributed by atoms with E-state index in [0.29, 0.717) is 17.0 Å². The van der Waals surface area contributed by atoms with Crippen molar-refractivity contribution in [3.05, 3.63) is 46.9 Å². The predicted molar refractivity (Wildman–Crippen MR) is 84.9 cm³/mol. The van der Waals surface area contributed by atoms with Gasteiger partial charge in [-0.3, -0.25) is 0 Å². The smallest absolute Gasteiger partial charge is 0.124 e. The normalized spacial score (nSPS) is 15.9. The van der Waals surface area contributed by atoms with E-state index in [0.717, 1.165) is 31.7 Å². The first-order valence-corrected chi connectivity index (χ1v) is 6.97. The minimum absolute atomic E-state index is 0.143. The van der Waals surface area contributed by atoms with Gasteiger partial charge in [-0.25, -0.2) is 0 Å². The fraction of sp³-hybridized carbons (Fsp3) is 0.333. The molecule has 0 saturated carbocycles. The van der Waals surface area contributed by atoms with Gasteiger partial charge in [-0.15, -0.1) is 0 Å². The highest BCUT2D eigenvalue weighted by atomic mass is 16.3. The van der Waals surface area contributed by atoms with Crippen LogP contribution in [0.3, 0.4) is 0 Å². The van der Waals surface area contributed by atoms with Crippen LogP contribution in [0.2, 0.25) is 0 Å². The summed E-state index contributed by atoms with van der Waals surface area (Å²) in [6.07, 6.45) is 1.73. The van der Waals surface area contributed by atoms with E-state index in [4.69, 9.17) is 17.2 Å². The number of aromatic hydroxyl groups is 1. The van der Waals surface area contributed by atoms with Crippen LogP contribution in [0.25, 0.3) is 5.70 Å². The van der Waals surface area contributed by atoms with Crippen molar-refractivity contribution in [3.63, 3.8) is 0 Å². The first kappa shape index (κ1) is 15.1. The third-order valence-corrected chi connectivity index (χ3v) is 3.51. The lowest BCUT2D eigenvalue weighted by molar-refractivity contribution is 0.304. The van der Waals surface area contributed by atoms with Gasteiger partial charge in [0.15, 0.2) is 0 Å². The zero-order valence-electron chi connectivity index (χ0n) is 12.3. The van der Waals surface area contributed by atoms with Crippen LogP contribution in [0.4, 0.5) is 0 Å². The third kappa shape index (κ3) is 3.61. The molecule has 0 amide bonds. The van der Waals surface area contributed by atoms with E-state index in [1.807, 2.05) is 19.1 Å². The number of piperazine rings is 1. The molecule has 1 fully saturated rings. The molecule has 6 nitrogen and oxygen atoms in total. The van der Waals surface area contributed by atoms with Gasteiger partial charge in [0.1, 0.15) is 11.6 Å². The highest BCUT2D eigenvalue weighted by Crippen LogP contribution is 2.24. The topological polar surface area (TPSA) is 114 Å². The predicted octanol–water partition coefficient (Wildman–Crippen LogP) is -0.00808. The zero-order valence-corrected chi connectivity index (χ0v) is 12.3. The second-order valence-electron chi connectivity index (χ2n) is 5.20. The molecular weight excluding hydrogens is 266 g/mol. The Kier molecular flexibility index (Phi) is 4.59. The lowest BCUT2D eigenvalue weighted by atomic mass is 10.1. The van der Waals surface area contributed by atoms with Crippen LogP contribution in [-0.2, 0) is 0 Å². The van der Waals surface area contributed by atoms with Gasteiger partial charge < -0.3 is 32.5 Å². The Morgan fingerprint density at radius 3 is 2.52 bits per heavy atom. The first-order chi connectivity index (χ1) is 9.99. The summed E-state index contributed by atoms with van der Waals surface area (Å²) in [7, 11) is 0. The summed E-state index contributed by atoms with van der Waals surface area (Å²) in [5.74, 6) is 0.372. The number of allylic oxidation sites excluding steroid dienone is 1. The molecule has 8 N–H and O–H groups in total. The van der Waals surface area contributed by atoms with Gasteiger partial charge in [0.2, 0.25) is 0 Å². The Bertz CT molecular complexity index is 569. The average Bonchev–Trinajstić information content (AvgIpc) is 2.47. The van der Waals surface area contributed by atoms with E-state index in [-0.39, 0.29) is 11.6 Å². The van der Waals surface area contributed by atoms with Crippen LogP contribution < -0.4 is 22.5 Å². The maximum atomic E-state index is 9.94. The van der Waals surface area contributed by atoms with E-state index < -0.39 is 0 Å². The van der Waals surface area contributed by atoms with Crippen LogP contribution in [0, 0.1) is 6.92 Å². The molecule has 0 aromatic heterocycles. The lowest BCUT2D eigenvalue weighted by Gasteiger charge is -2.31. The SMILES string of the molecule is Cc1ccc(O)c(/C(N)=C/C(=C(N)N)N2CCNCC2)c1. The molecule has 1 aromatic rings. The molecule has 2 rings (SSSR count). The number of nitrogens with two attached hydrogens (primary N) is 3. The van der Waals surface area contributed by atoms with Gasteiger partial charge >= 0.3 is 0 Å². The molecule has 0 spiro atoms. The Morgan fingerprint density at radius 2 is 1.90 bits per heavy atom. The number of hydrogen-bond acceptors (Lipinski definition) is 6. The van der Waals surface area contributed by atoms with Crippen molar-refractivity contribution < 1.29 is 5.11 Å². The van der Waals surface area contributed by atoms with E-state index in [1.165, 1.54) is 0 Å². The lowest BCUT2D eigenvalue weighted by Crippen LogP contribution is -2.43. The molecule has 114 valence electrons. The van der Waals surface area contributed by atoms with Crippen LogP contribution in [0.15, 0.2) is 35.8 Å². The van der Waals surface area contributed by atoms with Gasteiger partial charge in [-0.05, 0) is 25.1 Å². The second kappa shape index (κ2) is 6.41. The fourth-order valence-electron chi connectivity index (χ4n) is 2.37. The summed E-state index contributed by atoms with van der Waals surface area (Å²) >= 11 is 0. The highest BCUT2D eigenvalue weighted by Gasteiger charge is 2.15. The molecular formula is C15H23N5O. The summed E-state index contributed by atoms with van der Waals surface area (Å²) in [5, 5.41) is 13.2. The fourth-order valence-corrected chi connectivity index (χ4v) is 2.37. The Morgan fingerprint density at radius 1 is 1.24 bits per heavy atom. The number of hydrogen-bond donors (Lipinski definition) is 5. The van der Waals surface area contributed by atoms with Crippen molar-refractivity contribution in [2.24, 2.45) is 17.2 Å². The zero-order chi connectivity index (χ0) is 15.4. The van der Waals surface area contributed by atoms with Crippen molar-refractivity contribution in [2.45, 2.75) is 6.92 Å². The van der Waals surface area contributed by atoms with Gasteiger partial charge in [-0.1, -0.05) is 11.6 Å². The third-order valence-electron chi connectivity index (χ3n) is 3.51. The summed E-state index contributed by atoms with van der Waals surface area (Å²) in [6, 6.07) is 5.30. The van der Waals surface area contributed by atoms with E-state index in [1.54, 1.807) is 12.1 Å². The summed E-state index contributed by atoms with van der Waals surface area (Å²) in [5.41, 5.74) is 20.5. The number of nitrogens with zero attached hydrogens (tertiary/aromatic N) is 1. The van der Waals surface area contributed by atoms with Crippen molar-refractivity contribution >= 4 is 5.70 Å². The largest absolute Gasteiger partial charge is 0.507 e. The van der Waals surface area contributed by atoms with Gasteiger partial charge in [0.25, 0.3) is 0 Å². The van der Waals surface area contributed by atoms with Crippen LogP contribution in [0.1, 0.15) is 11.1 Å². The number of phenols is 1. The molecule has 1 aromatic carbocycles. The minimum atomic E-state index is 0.143. The molecule has 0 atom stereocenters. The van der Waals surface area contributed by atoms with Crippen LogP contribution in [-0.4, -0.2) is 36.2 Å². The van der Waals surface area contributed by atoms with E-state index in [9.17, 15) is 5.11 Å². The molecule has 0 radical (unpaired) electrons. The standard InChI is InChI=1S/C15H23N5O/c1-10-2-3-14(21)11(8-10)12(16)9-13(15(17)18)20-6-4-19-5-7-20/h2-3,8-9,19,21H,4-7,16-18H2,1H3/b12-9-. The Labute approximate surface area is 124 Å². The summed E-state index contributed by atoms with van der Waals surface area (Å²) in [4.78, 5) is 2.09. The average molecular weight is 289 g/mol. The summed E-state index contributed by atoms with van der Waals surface area (Å²) < 4.78 is 0. The van der Waals surface area contributed by atoms with Gasteiger partial charge in [0, 0.05) is 37.4 Å². The van der Waals surface area contributed by atoms with Crippen LogP contribution in [0.5, 0.6) is 5.75 Å². The van der Waals surface area contributed by atoms with Crippen molar-refractivity contribution in [2.75, 3.05) is 26.2 Å². The van der Waals surface area contributed by atoms with Crippen molar-refractivity contribution in [3.8, 4) is 5.75 Å². The number of benzene rings is 1. The number of aryl methyl sites for hydroxylation is 1. The molecule has 0 unspecified atom stereocenters. The summed E-state index contributed by atoms with van der Waals surface area (Å²) in [6.45, 7) is 5.33. The molecule has 1 aliphatic rings. The van der Waals surface area contributed by atoms with E-state index >= 15 is 0 Å². The van der Waals surface area contributed by atoms with Gasteiger partial charge in [0.05, 0.1) is 5.70 Å². The monoisotopic (exact) mass is 289 g/mol. The molecule has 1 heterocycles. The minimum Gasteiger partial charge on any atom is -0.507 e. The first-order valence-electron chi connectivity index (χ1n) is 6.97. The maximum Gasteiger partial charge on any atom is 0.124 e.